The molecular formula is C9H15ClO. The van der Waals surface area contributed by atoms with E-state index in [9.17, 15) is 4.79 Å². The lowest BCUT2D eigenvalue weighted by molar-refractivity contribution is -0.112. The van der Waals surface area contributed by atoms with Gasteiger partial charge in [-0.05, 0) is 30.4 Å². The lowest BCUT2D eigenvalue weighted by Gasteiger charge is -2.04. The molecular weight excluding hydrogens is 160 g/mol. The van der Waals surface area contributed by atoms with Crippen LogP contribution in [0.1, 0.15) is 33.1 Å². The van der Waals surface area contributed by atoms with Crippen molar-refractivity contribution in [3.05, 3.63) is 12.2 Å². The molecule has 0 bridgehead atoms. The van der Waals surface area contributed by atoms with Crippen LogP contribution in [0.4, 0.5) is 0 Å². The van der Waals surface area contributed by atoms with Crippen molar-refractivity contribution in [1.82, 2.24) is 0 Å². The van der Waals surface area contributed by atoms with E-state index in [2.05, 4.69) is 26.0 Å². The minimum Gasteiger partial charge on any atom is -0.281 e. The molecule has 2 heteroatoms. The molecule has 0 aromatic heterocycles. The first-order valence-corrected chi connectivity index (χ1v) is 4.43. The van der Waals surface area contributed by atoms with Crippen molar-refractivity contribution in [3.8, 4) is 0 Å². The second kappa shape index (κ2) is 6.41. The van der Waals surface area contributed by atoms with Crippen LogP contribution in [0.15, 0.2) is 12.2 Å². The summed E-state index contributed by atoms with van der Waals surface area (Å²) in [7, 11) is 0. The highest BCUT2D eigenvalue weighted by atomic mass is 35.5. The van der Waals surface area contributed by atoms with E-state index in [1.165, 1.54) is 0 Å². The van der Waals surface area contributed by atoms with Gasteiger partial charge in [-0.1, -0.05) is 26.0 Å². The lowest BCUT2D eigenvalue weighted by Crippen LogP contribution is -1.99. The first kappa shape index (κ1) is 10.7. The van der Waals surface area contributed by atoms with E-state index in [4.69, 9.17) is 11.6 Å². The van der Waals surface area contributed by atoms with Crippen LogP contribution in [-0.2, 0) is 4.79 Å². The van der Waals surface area contributed by atoms with Crippen LogP contribution in [0.5, 0.6) is 0 Å². The Morgan fingerprint density at radius 3 is 2.55 bits per heavy atom. The predicted molar refractivity (Wildman–Crippen MR) is 48.7 cm³/mol. The van der Waals surface area contributed by atoms with E-state index in [-0.39, 0.29) is 5.24 Å². The summed E-state index contributed by atoms with van der Waals surface area (Å²) in [5.74, 6) is 0.333. The molecule has 0 amide bonds. The third kappa shape index (κ3) is 6.11. The average Bonchev–Trinajstić information content (AvgIpc) is 1.97. The summed E-state index contributed by atoms with van der Waals surface area (Å²) >= 11 is 5.26. The molecule has 0 spiro atoms. The quantitative estimate of drug-likeness (QED) is 0.462. The summed E-state index contributed by atoms with van der Waals surface area (Å²) in [6.07, 6.45) is 6.62. The van der Waals surface area contributed by atoms with Gasteiger partial charge in [-0.2, -0.15) is 0 Å². The summed E-state index contributed by atoms with van der Waals surface area (Å²) in [6, 6.07) is 0. The number of carbonyl (C=O) groups excluding carboxylic acids is 1. The molecule has 0 saturated heterocycles. The maximum atomic E-state index is 10.5. The summed E-state index contributed by atoms with van der Waals surface area (Å²) in [6.45, 7) is 4.14. The molecule has 1 unspecified atom stereocenters. The van der Waals surface area contributed by atoms with Gasteiger partial charge in [0, 0.05) is 6.42 Å². The third-order valence-electron chi connectivity index (χ3n) is 1.59. The summed E-state index contributed by atoms with van der Waals surface area (Å²) < 4.78 is 0. The van der Waals surface area contributed by atoms with Gasteiger partial charge in [0.1, 0.15) is 0 Å². The Balaban J connectivity index is 3.75. The van der Waals surface area contributed by atoms with Gasteiger partial charge in [0.25, 0.3) is 0 Å². The number of rotatable bonds is 5. The molecule has 0 aromatic rings. The zero-order valence-corrected chi connectivity index (χ0v) is 7.90. The van der Waals surface area contributed by atoms with Gasteiger partial charge in [-0.15, -0.1) is 0 Å². The van der Waals surface area contributed by atoms with Gasteiger partial charge in [-0.25, -0.2) is 0 Å². The molecule has 0 heterocycles. The van der Waals surface area contributed by atoms with Crippen LogP contribution in [0, 0.1) is 5.92 Å². The number of hydrogen-bond donors (Lipinski definition) is 0. The molecule has 64 valence electrons. The zero-order valence-electron chi connectivity index (χ0n) is 7.14. The first-order valence-electron chi connectivity index (χ1n) is 4.05. The number of carbonyl (C=O) groups is 1. The smallest absolute Gasteiger partial charge is 0.222 e. The minimum atomic E-state index is -0.238. The van der Waals surface area contributed by atoms with Gasteiger partial charge >= 0.3 is 0 Å². The van der Waals surface area contributed by atoms with Crippen molar-refractivity contribution >= 4 is 16.8 Å². The summed E-state index contributed by atoms with van der Waals surface area (Å²) in [5.41, 5.74) is 0. The van der Waals surface area contributed by atoms with E-state index < -0.39 is 0 Å². The highest BCUT2D eigenvalue weighted by Gasteiger charge is 2.05. The molecule has 0 aliphatic carbocycles. The van der Waals surface area contributed by atoms with Crippen LogP contribution in [0.25, 0.3) is 0 Å². The van der Waals surface area contributed by atoms with Crippen molar-refractivity contribution in [2.45, 2.75) is 33.1 Å². The predicted octanol–water partition coefficient (Wildman–Crippen LogP) is 3.13. The van der Waals surface area contributed by atoms with Crippen molar-refractivity contribution in [2.75, 3.05) is 0 Å². The number of halogens is 1. The molecule has 0 radical (unpaired) electrons. The van der Waals surface area contributed by atoms with Gasteiger partial charge in [-0.3, -0.25) is 4.79 Å². The standard InChI is InChI=1S/C9H15ClO/c1-3-5-6-8(4-2)7-9(10)11/h5-6,8H,3-4,7H2,1-2H3/b6-5+. The first-order chi connectivity index (χ1) is 5.20. The Labute approximate surface area is 73.4 Å². The third-order valence-corrected chi connectivity index (χ3v) is 1.75. The van der Waals surface area contributed by atoms with Crippen LogP contribution in [0.3, 0.4) is 0 Å². The molecule has 0 aromatic carbocycles. The summed E-state index contributed by atoms with van der Waals surface area (Å²) in [5, 5.41) is -0.238. The second-order valence-electron chi connectivity index (χ2n) is 2.56. The van der Waals surface area contributed by atoms with Crippen molar-refractivity contribution in [3.63, 3.8) is 0 Å². The second-order valence-corrected chi connectivity index (χ2v) is 2.99. The van der Waals surface area contributed by atoms with E-state index in [1.54, 1.807) is 0 Å². The van der Waals surface area contributed by atoms with E-state index in [0.29, 0.717) is 12.3 Å². The van der Waals surface area contributed by atoms with Crippen LogP contribution >= 0.6 is 11.6 Å². The minimum absolute atomic E-state index is 0.238. The molecule has 0 aliphatic rings. The Bertz CT molecular complexity index is 140. The Morgan fingerprint density at radius 2 is 2.18 bits per heavy atom. The number of allylic oxidation sites excluding steroid dienone is 2. The van der Waals surface area contributed by atoms with Crippen molar-refractivity contribution in [2.24, 2.45) is 5.92 Å². The van der Waals surface area contributed by atoms with Gasteiger partial charge in [0.05, 0.1) is 0 Å². The normalized spacial score (nSPS) is 13.7. The fraction of sp³-hybridized carbons (Fsp3) is 0.667. The van der Waals surface area contributed by atoms with Crippen LogP contribution < -0.4 is 0 Å². The Hall–Kier alpha value is -0.300. The average molecular weight is 175 g/mol. The van der Waals surface area contributed by atoms with Crippen LogP contribution in [0.2, 0.25) is 0 Å². The fourth-order valence-corrected chi connectivity index (χ4v) is 1.08. The zero-order chi connectivity index (χ0) is 8.69. The molecule has 0 rings (SSSR count). The molecule has 1 atom stereocenters. The maximum absolute atomic E-state index is 10.5. The molecule has 11 heavy (non-hydrogen) atoms. The van der Waals surface area contributed by atoms with Crippen molar-refractivity contribution in [1.29, 1.82) is 0 Å². The van der Waals surface area contributed by atoms with Crippen molar-refractivity contribution < 1.29 is 4.79 Å². The molecule has 0 saturated carbocycles. The molecule has 0 N–H and O–H groups in total. The number of hydrogen-bond acceptors (Lipinski definition) is 1. The van der Waals surface area contributed by atoms with Gasteiger partial charge in [0.2, 0.25) is 5.24 Å². The molecule has 1 nitrogen and oxygen atoms in total. The lowest BCUT2D eigenvalue weighted by atomic mass is 10.0. The highest BCUT2D eigenvalue weighted by Crippen LogP contribution is 2.11. The summed E-state index contributed by atoms with van der Waals surface area (Å²) in [4.78, 5) is 10.5. The molecule has 0 fully saturated rings. The Kier molecular flexibility index (Phi) is 6.24. The maximum Gasteiger partial charge on any atom is 0.222 e. The monoisotopic (exact) mass is 174 g/mol. The van der Waals surface area contributed by atoms with Crippen LogP contribution in [-0.4, -0.2) is 5.24 Å². The van der Waals surface area contributed by atoms with Gasteiger partial charge in [0.15, 0.2) is 0 Å². The van der Waals surface area contributed by atoms with E-state index in [1.807, 2.05) is 0 Å². The SMILES string of the molecule is CC/C=C/C(CC)CC(=O)Cl. The van der Waals surface area contributed by atoms with E-state index >= 15 is 0 Å². The topological polar surface area (TPSA) is 17.1 Å². The van der Waals surface area contributed by atoms with Gasteiger partial charge < -0.3 is 0 Å². The Morgan fingerprint density at radius 1 is 1.55 bits per heavy atom. The fourth-order valence-electron chi connectivity index (χ4n) is 0.883. The largest absolute Gasteiger partial charge is 0.281 e. The highest BCUT2D eigenvalue weighted by molar-refractivity contribution is 6.63. The van der Waals surface area contributed by atoms with E-state index in [0.717, 1.165) is 12.8 Å². The molecule has 0 aliphatic heterocycles.